The highest BCUT2D eigenvalue weighted by Crippen LogP contribution is 2.26. The Labute approximate surface area is 97.6 Å². The summed E-state index contributed by atoms with van der Waals surface area (Å²) in [4.78, 5) is 0. The van der Waals surface area contributed by atoms with Crippen LogP contribution in [0, 0.1) is 5.82 Å². The van der Waals surface area contributed by atoms with Crippen molar-refractivity contribution in [2.45, 2.75) is 6.10 Å². The second-order valence-corrected chi connectivity index (χ2v) is 6.10. The van der Waals surface area contributed by atoms with Crippen LogP contribution in [-0.2, 0) is 9.84 Å². The zero-order valence-corrected chi connectivity index (χ0v) is 9.87. The number of hydrogen-bond donors (Lipinski definition) is 1. The number of benzene rings is 1. The van der Waals surface area contributed by atoms with Gasteiger partial charge in [0.1, 0.15) is 21.7 Å². The van der Waals surface area contributed by atoms with Gasteiger partial charge in [-0.05, 0) is 12.1 Å². The molecule has 2 rings (SSSR count). The van der Waals surface area contributed by atoms with E-state index in [2.05, 4.69) is 0 Å². The first-order valence-electron chi connectivity index (χ1n) is 4.90. The Morgan fingerprint density at radius 1 is 1.47 bits per heavy atom. The molecule has 1 atom stereocenters. The number of halogens is 1. The Morgan fingerprint density at radius 2 is 2.18 bits per heavy atom. The van der Waals surface area contributed by atoms with E-state index in [0.29, 0.717) is 5.39 Å². The molecule has 0 spiro atoms. The van der Waals surface area contributed by atoms with Crippen LogP contribution in [0.25, 0.3) is 11.0 Å². The van der Waals surface area contributed by atoms with E-state index in [0.717, 1.165) is 6.26 Å². The lowest BCUT2D eigenvalue weighted by atomic mass is 10.2. The van der Waals surface area contributed by atoms with E-state index in [9.17, 15) is 17.9 Å². The van der Waals surface area contributed by atoms with E-state index >= 15 is 0 Å². The maximum absolute atomic E-state index is 13.3. The Bertz CT molecular complexity index is 645. The highest BCUT2D eigenvalue weighted by atomic mass is 32.2. The molecule has 4 nitrogen and oxygen atoms in total. The van der Waals surface area contributed by atoms with Gasteiger partial charge < -0.3 is 9.52 Å². The van der Waals surface area contributed by atoms with E-state index in [1.807, 2.05) is 0 Å². The van der Waals surface area contributed by atoms with Gasteiger partial charge in [0.25, 0.3) is 0 Å². The molecule has 17 heavy (non-hydrogen) atoms. The fraction of sp³-hybridized carbons (Fsp3) is 0.273. The van der Waals surface area contributed by atoms with Crippen molar-refractivity contribution in [1.82, 2.24) is 0 Å². The average Bonchev–Trinajstić information content (AvgIpc) is 2.60. The molecule has 1 N–H and O–H groups in total. The number of para-hydroxylation sites is 1. The van der Waals surface area contributed by atoms with Gasteiger partial charge in [0, 0.05) is 11.6 Å². The first kappa shape index (κ1) is 12.1. The van der Waals surface area contributed by atoms with Crippen molar-refractivity contribution in [1.29, 1.82) is 0 Å². The SMILES string of the molecule is CS(=O)(=O)CC(O)c1cc2cccc(F)c2o1. The van der Waals surface area contributed by atoms with Crippen molar-refractivity contribution in [3.8, 4) is 0 Å². The minimum atomic E-state index is -3.32. The van der Waals surface area contributed by atoms with Crippen LogP contribution in [-0.4, -0.2) is 25.5 Å². The molecule has 0 bridgehead atoms. The average molecular weight is 258 g/mol. The number of hydrogen-bond acceptors (Lipinski definition) is 4. The van der Waals surface area contributed by atoms with Gasteiger partial charge in [0.05, 0.1) is 5.75 Å². The van der Waals surface area contributed by atoms with Gasteiger partial charge in [-0.2, -0.15) is 0 Å². The fourth-order valence-corrected chi connectivity index (χ4v) is 2.32. The molecule has 0 saturated heterocycles. The summed E-state index contributed by atoms with van der Waals surface area (Å²) >= 11 is 0. The number of furan rings is 1. The van der Waals surface area contributed by atoms with Crippen LogP contribution in [0.5, 0.6) is 0 Å². The maximum atomic E-state index is 13.3. The van der Waals surface area contributed by atoms with Crippen molar-refractivity contribution < 1.29 is 22.3 Å². The van der Waals surface area contributed by atoms with Crippen LogP contribution in [0.15, 0.2) is 28.7 Å². The van der Waals surface area contributed by atoms with Crippen LogP contribution in [0.4, 0.5) is 4.39 Å². The Balaban J connectivity index is 2.40. The number of aliphatic hydroxyl groups excluding tert-OH is 1. The predicted molar refractivity (Wildman–Crippen MR) is 60.8 cm³/mol. The summed E-state index contributed by atoms with van der Waals surface area (Å²) in [7, 11) is -3.32. The number of aliphatic hydroxyl groups is 1. The van der Waals surface area contributed by atoms with Crippen LogP contribution >= 0.6 is 0 Å². The van der Waals surface area contributed by atoms with Crippen LogP contribution in [0.2, 0.25) is 0 Å². The summed E-state index contributed by atoms with van der Waals surface area (Å²) in [5.74, 6) is -0.940. The van der Waals surface area contributed by atoms with Gasteiger partial charge >= 0.3 is 0 Å². The van der Waals surface area contributed by atoms with Crippen LogP contribution in [0.3, 0.4) is 0 Å². The lowest BCUT2D eigenvalue weighted by molar-refractivity contribution is 0.174. The normalized spacial score (nSPS) is 14.1. The van der Waals surface area contributed by atoms with Gasteiger partial charge in [-0.15, -0.1) is 0 Å². The molecule has 0 radical (unpaired) electrons. The van der Waals surface area contributed by atoms with Crippen molar-refractivity contribution in [3.63, 3.8) is 0 Å². The molecule has 1 aromatic carbocycles. The number of sulfone groups is 1. The largest absolute Gasteiger partial charge is 0.455 e. The maximum Gasteiger partial charge on any atom is 0.170 e. The molecule has 1 unspecified atom stereocenters. The highest BCUT2D eigenvalue weighted by molar-refractivity contribution is 7.90. The second kappa shape index (κ2) is 4.12. The number of fused-ring (bicyclic) bond motifs is 1. The monoisotopic (exact) mass is 258 g/mol. The molecule has 0 saturated carbocycles. The van der Waals surface area contributed by atoms with Gasteiger partial charge in [0.15, 0.2) is 11.4 Å². The minimum Gasteiger partial charge on any atom is -0.455 e. The first-order valence-corrected chi connectivity index (χ1v) is 6.96. The van der Waals surface area contributed by atoms with Gasteiger partial charge in [-0.25, -0.2) is 12.8 Å². The molecule has 6 heteroatoms. The van der Waals surface area contributed by atoms with Crippen LogP contribution < -0.4 is 0 Å². The lowest BCUT2D eigenvalue weighted by Gasteiger charge is -2.04. The smallest absolute Gasteiger partial charge is 0.170 e. The summed E-state index contributed by atoms with van der Waals surface area (Å²) in [6.45, 7) is 0. The van der Waals surface area contributed by atoms with Crippen molar-refractivity contribution in [3.05, 3.63) is 35.8 Å². The quantitative estimate of drug-likeness (QED) is 0.909. The molecule has 92 valence electrons. The number of rotatable bonds is 3. The summed E-state index contributed by atoms with van der Waals surface area (Å²) in [5, 5.41) is 10.1. The minimum absolute atomic E-state index is 0.0232. The molecule has 1 aromatic heterocycles. The standard InChI is InChI=1S/C11H11FO4S/c1-17(14,15)6-9(13)10-5-7-3-2-4-8(12)11(7)16-10/h2-5,9,13H,6H2,1H3. The van der Waals surface area contributed by atoms with Gasteiger partial charge in [0.2, 0.25) is 0 Å². The Hall–Kier alpha value is -1.40. The second-order valence-electron chi connectivity index (χ2n) is 3.92. The topological polar surface area (TPSA) is 67.5 Å². The molecular formula is C11H11FO4S. The zero-order chi connectivity index (χ0) is 12.6. The summed E-state index contributed by atoms with van der Waals surface area (Å²) in [6, 6.07) is 5.81. The molecular weight excluding hydrogens is 247 g/mol. The van der Waals surface area contributed by atoms with E-state index < -0.39 is 27.5 Å². The fourth-order valence-electron chi connectivity index (χ4n) is 1.58. The summed E-state index contributed by atoms with van der Waals surface area (Å²) in [5.41, 5.74) is 0.0232. The third-order valence-corrected chi connectivity index (χ3v) is 3.23. The first-order chi connectivity index (χ1) is 7.87. The predicted octanol–water partition coefficient (Wildman–Crippen LogP) is 1.65. The Kier molecular flexibility index (Phi) is 2.92. The van der Waals surface area contributed by atoms with Crippen molar-refractivity contribution in [2.24, 2.45) is 0 Å². The van der Waals surface area contributed by atoms with E-state index in [4.69, 9.17) is 4.42 Å². The molecule has 0 amide bonds. The highest BCUT2D eigenvalue weighted by Gasteiger charge is 2.19. The van der Waals surface area contributed by atoms with E-state index in [1.165, 1.54) is 18.2 Å². The van der Waals surface area contributed by atoms with Gasteiger partial charge in [-0.3, -0.25) is 0 Å². The summed E-state index contributed by atoms with van der Waals surface area (Å²) < 4.78 is 40.5. The van der Waals surface area contributed by atoms with E-state index in [-0.39, 0.29) is 11.3 Å². The molecule has 0 fully saturated rings. The molecule has 1 heterocycles. The third-order valence-electron chi connectivity index (χ3n) is 2.30. The molecule has 0 aliphatic heterocycles. The van der Waals surface area contributed by atoms with Crippen molar-refractivity contribution >= 4 is 20.8 Å². The Morgan fingerprint density at radius 3 is 2.76 bits per heavy atom. The zero-order valence-electron chi connectivity index (χ0n) is 9.05. The molecule has 0 aliphatic rings. The summed E-state index contributed by atoms with van der Waals surface area (Å²) in [6.07, 6.45) is -0.267. The van der Waals surface area contributed by atoms with E-state index in [1.54, 1.807) is 6.07 Å². The lowest BCUT2D eigenvalue weighted by Crippen LogP contribution is -2.11. The molecule has 0 aliphatic carbocycles. The van der Waals surface area contributed by atoms with Crippen molar-refractivity contribution in [2.75, 3.05) is 12.0 Å². The third kappa shape index (κ3) is 2.65. The van der Waals surface area contributed by atoms with Crippen LogP contribution in [0.1, 0.15) is 11.9 Å². The molecule has 2 aromatic rings. The van der Waals surface area contributed by atoms with Gasteiger partial charge in [-0.1, -0.05) is 12.1 Å².